The van der Waals surface area contributed by atoms with E-state index in [1.54, 1.807) is 36.4 Å². The zero-order valence-electron chi connectivity index (χ0n) is 10.7. The van der Waals surface area contributed by atoms with E-state index < -0.39 is 0 Å². The van der Waals surface area contributed by atoms with Crippen molar-refractivity contribution in [2.24, 2.45) is 0 Å². The molecule has 6 heteroatoms. The molecular weight excluding hydrogens is 308 g/mol. The first-order valence-corrected chi connectivity index (χ1v) is 7.30. The fraction of sp³-hybridized carbons (Fsp3) is 0. The molecule has 1 aromatic heterocycles. The topological polar surface area (TPSA) is 62.8 Å². The Morgan fingerprint density at radius 2 is 1.81 bits per heavy atom. The number of aromatic amines is 1. The van der Waals surface area contributed by atoms with Crippen molar-refractivity contribution >= 4 is 39.5 Å². The average molecular weight is 317 g/mol. The van der Waals surface area contributed by atoms with Crippen molar-refractivity contribution in [2.75, 3.05) is 0 Å². The van der Waals surface area contributed by atoms with Gasteiger partial charge in [-0.15, -0.1) is 0 Å². The SMILES string of the molecule is O=C(Sc1nc2ccccc2[nH]c1=O)c1ccc(Cl)cc1. The summed E-state index contributed by atoms with van der Waals surface area (Å²) in [6.07, 6.45) is 0. The lowest BCUT2D eigenvalue weighted by atomic mass is 10.2. The zero-order valence-corrected chi connectivity index (χ0v) is 12.2. The molecule has 0 saturated heterocycles. The van der Waals surface area contributed by atoms with E-state index in [1.807, 2.05) is 12.1 Å². The Bertz CT molecular complexity index is 875. The van der Waals surface area contributed by atoms with Crippen molar-refractivity contribution in [3.8, 4) is 0 Å². The average Bonchev–Trinajstić information content (AvgIpc) is 2.48. The van der Waals surface area contributed by atoms with E-state index in [1.165, 1.54) is 0 Å². The first-order chi connectivity index (χ1) is 10.1. The maximum atomic E-state index is 12.1. The maximum Gasteiger partial charge on any atom is 0.281 e. The Labute approximate surface area is 129 Å². The number of aromatic nitrogens is 2. The van der Waals surface area contributed by atoms with Gasteiger partial charge < -0.3 is 4.98 Å². The van der Waals surface area contributed by atoms with Gasteiger partial charge in [-0.3, -0.25) is 9.59 Å². The zero-order chi connectivity index (χ0) is 14.8. The van der Waals surface area contributed by atoms with Crippen LogP contribution in [-0.4, -0.2) is 15.1 Å². The van der Waals surface area contributed by atoms with Gasteiger partial charge in [-0.05, 0) is 48.2 Å². The van der Waals surface area contributed by atoms with Gasteiger partial charge in [0.25, 0.3) is 5.56 Å². The number of fused-ring (bicyclic) bond motifs is 1. The van der Waals surface area contributed by atoms with Crippen molar-refractivity contribution in [3.05, 3.63) is 69.5 Å². The van der Waals surface area contributed by atoms with E-state index in [0.29, 0.717) is 21.6 Å². The summed E-state index contributed by atoms with van der Waals surface area (Å²) in [5.41, 5.74) is 1.38. The van der Waals surface area contributed by atoms with Crippen LogP contribution in [0.15, 0.2) is 58.4 Å². The fourth-order valence-corrected chi connectivity index (χ4v) is 2.66. The summed E-state index contributed by atoms with van der Waals surface area (Å²) < 4.78 is 0. The third kappa shape index (κ3) is 2.99. The molecule has 0 unspecified atom stereocenters. The standard InChI is InChI=1S/C15H9ClN2O2S/c16-10-7-5-9(6-8-10)15(20)21-14-13(19)17-11-3-1-2-4-12(11)18-14/h1-8H,(H,17,19). The van der Waals surface area contributed by atoms with Crippen LogP contribution in [0.25, 0.3) is 11.0 Å². The molecule has 1 N–H and O–H groups in total. The molecule has 0 amide bonds. The molecule has 0 aliphatic rings. The van der Waals surface area contributed by atoms with Crippen molar-refractivity contribution in [1.82, 2.24) is 9.97 Å². The van der Waals surface area contributed by atoms with Crippen LogP contribution in [0.2, 0.25) is 5.02 Å². The van der Waals surface area contributed by atoms with Crippen LogP contribution >= 0.6 is 23.4 Å². The first-order valence-electron chi connectivity index (χ1n) is 6.10. The summed E-state index contributed by atoms with van der Waals surface area (Å²) in [4.78, 5) is 31.0. The first kappa shape index (κ1) is 13.9. The molecule has 0 spiro atoms. The lowest BCUT2D eigenvalue weighted by molar-refractivity contribution is 0.108. The molecule has 0 aliphatic carbocycles. The lowest BCUT2D eigenvalue weighted by Crippen LogP contribution is -2.12. The van der Waals surface area contributed by atoms with E-state index in [0.717, 1.165) is 11.8 Å². The summed E-state index contributed by atoms with van der Waals surface area (Å²) >= 11 is 6.59. The molecule has 3 rings (SSSR count). The molecule has 0 fully saturated rings. The number of rotatable bonds is 2. The van der Waals surface area contributed by atoms with Crippen LogP contribution in [0.3, 0.4) is 0 Å². The Balaban J connectivity index is 1.94. The van der Waals surface area contributed by atoms with Crippen LogP contribution in [0.5, 0.6) is 0 Å². The molecule has 104 valence electrons. The second-order valence-corrected chi connectivity index (χ2v) is 5.68. The smallest absolute Gasteiger partial charge is 0.281 e. The van der Waals surface area contributed by atoms with E-state index >= 15 is 0 Å². The summed E-state index contributed by atoms with van der Waals surface area (Å²) in [6.45, 7) is 0. The minimum atomic E-state index is -0.374. The Morgan fingerprint density at radius 1 is 1.10 bits per heavy atom. The monoisotopic (exact) mass is 316 g/mol. The number of thioether (sulfide) groups is 1. The second kappa shape index (κ2) is 5.71. The number of carbonyl (C=O) groups excluding carboxylic acids is 1. The molecule has 3 aromatic rings. The highest BCUT2D eigenvalue weighted by Gasteiger charge is 2.13. The highest BCUT2D eigenvalue weighted by Crippen LogP contribution is 2.20. The molecule has 21 heavy (non-hydrogen) atoms. The van der Waals surface area contributed by atoms with Crippen molar-refractivity contribution in [2.45, 2.75) is 5.03 Å². The van der Waals surface area contributed by atoms with E-state index in [2.05, 4.69) is 9.97 Å². The predicted molar refractivity (Wildman–Crippen MR) is 84.0 cm³/mol. The Hall–Kier alpha value is -2.11. The van der Waals surface area contributed by atoms with Crippen molar-refractivity contribution in [1.29, 1.82) is 0 Å². The van der Waals surface area contributed by atoms with Gasteiger partial charge in [0.05, 0.1) is 11.0 Å². The molecule has 0 radical (unpaired) electrons. The van der Waals surface area contributed by atoms with Gasteiger partial charge in [-0.25, -0.2) is 4.98 Å². The number of H-pyrrole nitrogens is 1. The maximum absolute atomic E-state index is 12.1. The van der Waals surface area contributed by atoms with Gasteiger partial charge in [0.2, 0.25) is 5.12 Å². The molecule has 0 atom stereocenters. The third-order valence-corrected chi connectivity index (χ3v) is 3.98. The summed E-state index contributed by atoms with van der Waals surface area (Å²) in [5.74, 6) is 0. The number of nitrogens with one attached hydrogen (secondary N) is 1. The highest BCUT2D eigenvalue weighted by atomic mass is 35.5. The molecule has 0 aliphatic heterocycles. The number of carbonyl (C=O) groups is 1. The third-order valence-electron chi connectivity index (χ3n) is 2.84. The quantitative estimate of drug-likeness (QED) is 0.735. The van der Waals surface area contributed by atoms with Crippen LogP contribution in [0.1, 0.15) is 10.4 Å². The van der Waals surface area contributed by atoms with Gasteiger partial charge in [-0.2, -0.15) is 0 Å². The van der Waals surface area contributed by atoms with Gasteiger partial charge in [0, 0.05) is 10.6 Å². The van der Waals surface area contributed by atoms with E-state index in [9.17, 15) is 9.59 Å². The summed E-state index contributed by atoms with van der Waals surface area (Å²) in [6, 6.07) is 13.7. The normalized spacial score (nSPS) is 10.7. The van der Waals surface area contributed by atoms with Gasteiger partial charge in [-0.1, -0.05) is 23.7 Å². The van der Waals surface area contributed by atoms with Gasteiger partial charge in [0.1, 0.15) is 0 Å². The van der Waals surface area contributed by atoms with Crippen molar-refractivity contribution < 1.29 is 4.79 Å². The van der Waals surface area contributed by atoms with Crippen LogP contribution in [0.4, 0.5) is 0 Å². The molecule has 0 bridgehead atoms. The van der Waals surface area contributed by atoms with Crippen LogP contribution in [-0.2, 0) is 0 Å². The Kier molecular flexibility index (Phi) is 3.77. The number of hydrogen-bond acceptors (Lipinski definition) is 4. The summed E-state index contributed by atoms with van der Waals surface area (Å²) in [7, 11) is 0. The predicted octanol–water partition coefficient (Wildman–Crippen LogP) is 3.51. The number of halogens is 1. The minimum Gasteiger partial charge on any atom is -0.318 e. The van der Waals surface area contributed by atoms with Crippen LogP contribution in [0, 0.1) is 0 Å². The molecule has 4 nitrogen and oxygen atoms in total. The number of benzene rings is 2. The van der Waals surface area contributed by atoms with E-state index in [4.69, 9.17) is 11.6 Å². The second-order valence-electron chi connectivity index (χ2n) is 4.28. The lowest BCUT2D eigenvalue weighted by Gasteiger charge is -2.02. The largest absolute Gasteiger partial charge is 0.318 e. The summed E-state index contributed by atoms with van der Waals surface area (Å²) in [5, 5.41) is 0.437. The van der Waals surface area contributed by atoms with E-state index in [-0.39, 0.29) is 15.7 Å². The number of para-hydroxylation sites is 2. The van der Waals surface area contributed by atoms with Crippen molar-refractivity contribution in [3.63, 3.8) is 0 Å². The molecule has 0 saturated carbocycles. The fourth-order valence-electron chi connectivity index (χ4n) is 1.81. The number of hydrogen-bond donors (Lipinski definition) is 1. The minimum absolute atomic E-state index is 0.133. The van der Waals surface area contributed by atoms with Gasteiger partial charge >= 0.3 is 0 Å². The molecule has 2 aromatic carbocycles. The van der Waals surface area contributed by atoms with Gasteiger partial charge in [0.15, 0.2) is 5.03 Å². The number of nitrogens with zero attached hydrogens (tertiary/aromatic N) is 1. The molecular formula is C15H9ClN2O2S. The van der Waals surface area contributed by atoms with Crippen LogP contribution < -0.4 is 5.56 Å². The highest BCUT2D eigenvalue weighted by molar-refractivity contribution is 8.14. The Morgan fingerprint density at radius 3 is 2.57 bits per heavy atom. The molecule has 1 heterocycles.